The third-order valence-corrected chi connectivity index (χ3v) is 1.87. The van der Waals surface area contributed by atoms with E-state index in [9.17, 15) is 9.59 Å². The molecule has 0 aliphatic heterocycles. The Hall–Kier alpha value is -2.10. The molecule has 0 spiro atoms. The van der Waals surface area contributed by atoms with Gasteiger partial charge in [0, 0.05) is 18.2 Å². The number of carbonyl (C=O) groups excluding carboxylic acids is 2. The molecular weight excluding hydrogens is 206 g/mol. The van der Waals surface area contributed by atoms with Crippen LogP contribution in [0.25, 0.3) is 0 Å². The molecule has 0 saturated carbocycles. The predicted octanol–water partition coefficient (Wildman–Crippen LogP) is 1.15. The molecule has 0 saturated heterocycles. The summed E-state index contributed by atoms with van der Waals surface area (Å²) >= 11 is 0. The smallest absolute Gasteiger partial charge is 0.330 e. The molecule has 0 heterocycles. The average molecular weight is 219 g/mol. The van der Waals surface area contributed by atoms with Crippen molar-refractivity contribution >= 4 is 11.9 Å². The fraction of sp³-hybridized carbons (Fsp3) is 0.167. The number of esters is 1. The number of rotatable bonds is 4. The number of benzene rings is 1. The SMILES string of the molecule is COC(=O)/C=C/CNC(=O)c1ccccc1. The summed E-state index contributed by atoms with van der Waals surface area (Å²) in [7, 11) is 1.30. The normalized spacial score (nSPS) is 10.1. The quantitative estimate of drug-likeness (QED) is 0.610. The van der Waals surface area contributed by atoms with Crippen LogP contribution in [-0.2, 0) is 9.53 Å². The van der Waals surface area contributed by atoms with Crippen LogP contribution in [0.15, 0.2) is 42.5 Å². The fourth-order valence-electron chi connectivity index (χ4n) is 1.07. The summed E-state index contributed by atoms with van der Waals surface area (Å²) in [5.41, 5.74) is 0.592. The molecule has 84 valence electrons. The summed E-state index contributed by atoms with van der Waals surface area (Å²) in [4.78, 5) is 22.2. The van der Waals surface area contributed by atoms with Crippen molar-refractivity contribution < 1.29 is 14.3 Å². The van der Waals surface area contributed by atoms with Gasteiger partial charge in [0.1, 0.15) is 0 Å². The Morgan fingerprint density at radius 2 is 2.00 bits per heavy atom. The van der Waals surface area contributed by atoms with Crippen molar-refractivity contribution in [2.75, 3.05) is 13.7 Å². The maximum absolute atomic E-state index is 11.5. The summed E-state index contributed by atoms with van der Waals surface area (Å²) in [5, 5.41) is 2.64. The second-order valence-corrected chi connectivity index (χ2v) is 3.00. The highest BCUT2D eigenvalue weighted by Crippen LogP contribution is 1.97. The monoisotopic (exact) mass is 219 g/mol. The predicted molar refractivity (Wildman–Crippen MR) is 59.9 cm³/mol. The van der Waals surface area contributed by atoms with Crippen LogP contribution in [0, 0.1) is 0 Å². The first-order valence-electron chi connectivity index (χ1n) is 4.82. The van der Waals surface area contributed by atoms with Gasteiger partial charge in [0.15, 0.2) is 0 Å². The van der Waals surface area contributed by atoms with Crippen molar-refractivity contribution in [3.8, 4) is 0 Å². The van der Waals surface area contributed by atoms with E-state index in [-0.39, 0.29) is 5.91 Å². The van der Waals surface area contributed by atoms with E-state index in [0.29, 0.717) is 12.1 Å². The van der Waals surface area contributed by atoms with Gasteiger partial charge in [-0.3, -0.25) is 4.79 Å². The Morgan fingerprint density at radius 3 is 2.62 bits per heavy atom. The van der Waals surface area contributed by atoms with Gasteiger partial charge in [-0.05, 0) is 12.1 Å². The van der Waals surface area contributed by atoms with E-state index in [1.807, 2.05) is 6.07 Å². The molecule has 0 aliphatic carbocycles. The van der Waals surface area contributed by atoms with Gasteiger partial charge in [0.05, 0.1) is 7.11 Å². The lowest BCUT2D eigenvalue weighted by molar-refractivity contribution is -0.134. The lowest BCUT2D eigenvalue weighted by Gasteiger charge is -2.01. The van der Waals surface area contributed by atoms with Crippen LogP contribution in [0.4, 0.5) is 0 Å². The molecule has 0 fully saturated rings. The number of hydrogen-bond acceptors (Lipinski definition) is 3. The zero-order valence-electron chi connectivity index (χ0n) is 8.97. The lowest BCUT2D eigenvalue weighted by atomic mass is 10.2. The number of hydrogen-bond donors (Lipinski definition) is 1. The maximum Gasteiger partial charge on any atom is 0.330 e. The second kappa shape index (κ2) is 6.40. The van der Waals surface area contributed by atoms with Crippen LogP contribution in [0.5, 0.6) is 0 Å². The third kappa shape index (κ3) is 3.96. The lowest BCUT2D eigenvalue weighted by Crippen LogP contribution is -2.23. The van der Waals surface area contributed by atoms with Gasteiger partial charge in [0.2, 0.25) is 0 Å². The topological polar surface area (TPSA) is 55.4 Å². The summed E-state index contributed by atoms with van der Waals surface area (Å²) < 4.78 is 4.40. The Labute approximate surface area is 93.9 Å². The number of ether oxygens (including phenoxy) is 1. The van der Waals surface area contributed by atoms with Crippen molar-refractivity contribution in [1.82, 2.24) is 5.32 Å². The molecule has 1 N–H and O–H groups in total. The fourth-order valence-corrected chi connectivity index (χ4v) is 1.07. The molecule has 1 rings (SSSR count). The van der Waals surface area contributed by atoms with Crippen molar-refractivity contribution in [2.24, 2.45) is 0 Å². The van der Waals surface area contributed by atoms with Crippen molar-refractivity contribution in [3.63, 3.8) is 0 Å². The summed E-state index contributed by atoms with van der Waals surface area (Å²) in [6.45, 7) is 0.294. The summed E-state index contributed by atoms with van der Waals surface area (Å²) in [6, 6.07) is 8.87. The first-order chi connectivity index (χ1) is 7.74. The van der Waals surface area contributed by atoms with E-state index in [0.717, 1.165) is 0 Å². The third-order valence-electron chi connectivity index (χ3n) is 1.87. The second-order valence-electron chi connectivity index (χ2n) is 3.00. The molecule has 0 unspecified atom stereocenters. The minimum absolute atomic E-state index is 0.171. The van der Waals surface area contributed by atoms with Crippen molar-refractivity contribution in [2.45, 2.75) is 0 Å². The molecule has 0 radical (unpaired) electrons. The molecule has 1 aromatic rings. The standard InChI is InChI=1S/C12H13NO3/c1-16-11(14)8-5-9-13-12(15)10-6-3-2-4-7-10/h2-8H,9H2,1H3,(H,13,15)/b8-5+. The average Bonchev–Trinajstić information content (AvgIpc) is 2.35. The molecule has 16 heavy (non-hydrogen) atoms. The van der Waals surface area contributed by atoms with E-state index in [1.54, 1.807) is 24.3 Å². The highest BCUT2D eigenvalue weighted by Gasteiger charge is 2.01. The van der Waals surface area contributed by atoms with E-state index >= 15 is 0 Å². The summed E-state index contributed by atoms with van der Waals surface area (Å²) in [6.07, 6.45) is 2.80. The zero-order chi connectivity index (χ0) is 11.8. The minimum Gasteiger partial charge on any atom is -0.466 e. The van der Waals surface area contributed by atoms with Gasteiger partial charge < -0.3 is 10.1 Å². The van der Waals surface area contributed by atoms with Crippen LogP contribution >= 0.6 is 0 Å². The van der Waals surface area contributed by atoms with Crippen LogP contribution < -0.4 is 5.32 Å². The van der Waals surface area contributed by atoms with Gasteiger partial charge in [-0.2, -0.15) is 0 Å². The van der Waals surface area contributed by atoms with E-state index < -0.39 is 5.97 Å². The van der Waals surface area contributed by atoms with Crippen LogP contribution in [0.3, 0.4) is 0 Å². The molecule has 1 amide bonds. The molecule has 0 aliphatic rings. The Kier molecular flexibility index (Phi) is 4.79. The number of carbonyl (C=O) groups is 2. The zero-order valence-corrected chi connectivity index (χ0v) is 8.97. The van der Waals surface area contributed by atoms with Crippen LogP contribution in [0.1, 0.15) is 10.4 Å². The van der Waals surface area contributed by atoms with Gasteiger partial charge in [-0.1, -0.05) is 24.3 Å². The number of nitrogens with one attached hydrogen (secondary N) is 1. The molecule has 0 bridgehead atoms. The number of amides is 1. The van der Waals surface area contributed by atoms with E-state index in [2.05, 4.69) is 10.1 Å². The highest BCUT2D eigenvalue weighted by atomic mass is 16.5. The minimum atomic E-state index is -0.436. The van der Waals surface area contributed by atoms with E-state index in [1.165, 1.54) is 19.3 Å². The molecule has 1 aromatic carbocycles. The maximum atomic E-state index is 11.5. The number of methoxy groups -OCH3 is 1. The van der Waals surface area contributed by atoms with Gasteiger partial charge in [-0.25, -0.2) is 4.79 Å². The summed E-state index contributed by atoms with van der Waals surface area (Å²) in [5.74, 6) is -0.607. The molecule has 4 heteroatoms. The van der Waals surface area contributed by atoms with Crippen molar-refractivity contribution in [1.29, 1.82) is 0 Å². The first-order valence-corrected chi connectivity index (χ1v) is 4.82. The van der Waals surface area contributed by atoms with Crippen molar-refractivity contribution in [3.05, 3.63) is 48.0 Å². The molecule has 0 atom stereocenters. The van der Waals surface area contributed by atoms with Crippen LogP contribution in [-0.4, -0.2) is 25.5 Å². The first kappa shape index (κ1) is 12.0. The van der Waals surface area contributed by atoms with E-state index in [4.69, 9.17) is 0 Å². The highest BCUT2D eigenvalue weighted by molar-refractivity contribution is 5.94. The molecule has 0 aromatic heterocycles. The Bertz CT molecular complexity index is 385. The van der Waals surface area contributed by atoms with Gasteiger partial charge in [-0.15, -0.1) is 0 Å². The van der Waals surface area contributed by atoms with Gasteiger partial charge >= 0.3 is 5.97 Å². The van der Waals surface area contributed by atoms with Crippen LogP contribution in [0.2, 0.25) is 0 Å². The Morgan fingerprint density at radius 1 is 1.31 bits per heavy atom. The van der Waals surface area contributed by atoms with Gasteiger partial charge in [0.25, 0.3) is 5.91 Å². The Balaban J connectivity index is 2.37. The largest absolute Gasteiger partial charge is 0.466 e. The molecular formula is C12H13NO3. The molecule has 4 nitrogen and oxygen atoms in total.